The number of morpholine rings is 1. The molecule has 1 aliphatic heterocycles. The summed E-state index contributed by atoms with van der Waals surface area (Å²) >= 11 is 0. The molecule has 1 fully saturated rings. The van der Waals surface area contributed by atoms with Gasteiger partial charge in [0.15, 0.2) is 5.60 Å². The molecule has 2 heterocycles. The topological polar surface area (TPSA) is 76.5 Å². The van der Waals surface area contributed by atoms with E-state index < -0.39 is 5.60 Å². The number of carbonyl (C=O) groups excluding carboxylic acids is 2. The number of rotatable bonds is 4. The lowest BCUT2D eigenvalue weighted by Crippen LogP contribution is -2.59. The highest BCUT2D eigenvalue weighted by Crippen LogP contribution is 2.21. The summed E-state index contributed by atoms with van der Waals surface area (Å²) in [5, 5.41) is 7.09. The Kier molecular flexibility index (Phi) is 5.09. The maximum absolute atomic E-state index is 12.9. The number of nitrogens with one attached hydrogen (secondary N) is 1. The minimum Gasteiger partial charge on any atom is -0.362 e. The predicted molar refractivity (Wildman–Crippen MR) is 86.3 cm³/mol. The zero-order valence-corrected chi connectivity index (χ0v) is 14.5. The summed E-state index contributed by atoms with van der Waals surface area (Å²) in [6.07, 6.45) is 0. The van der Waals surface area contributed by atoms with Gasteiger partial charge in [-0.25, -0.2) is 0 Å². The third-order valence-electron chi connectivity index (χ3n) is 4.18. The Balaban J connectivity index is 2.25. The molecular formula is C16H26N4O3. The first-order chi connectivity index (χ1) is 10.8. The molecule has 2 rings (SSSR count). The van der Waals surface area contributed by atoms with Crippen LogP contribution in [0.4, 0.5) is 0 Å². The van der Waals surface area contributed by atoms with E-state index in [4.69, 9.17) is 4.74 Å². The number of hydrogen-bond donors (Lipinski definition) is 1. The van der Waals surface area contributed by atoms with Crippen LogP contribution in [0.3, 0.4) is 0 Å². The SMILES string of the molecule is CCn1nc(C(C)C)cc1C(=O)N1CCO[C@@](C)(C(=O)NC)C1. The van der Waals surface area contributed by atoms with Gasteiger partial charge in [-0.2, -0.15) is 5.10 Å². The van der Waals surface area contributed by atoms with Crippen LogP contribution >= 0.6 is 0 Å². The van der Waals surface area contributed by atoms with Gasteiger partial charge in [0.2, 0.25) is 0 Å². The average Bonchev–Trinajstić information content (AvgIpc) is 2.97. The quantitative estimate of drug-likeness (QED) is 0.897. The van der Waals surface area contributed by atoms with Gasteiger partial charge in [0, 0.05) is 20.1 Å². The second-order valence-corrected chi connectivity index (χ2v) is 6.31. The van der Waals surface area contributed by atoms with Gasteiger partial charge in [0.1, 0.15) is 5.69 Å². The highest BCUT2D eigenvalue weighted by atomic mass is 16.5. The van der Waals surface area contributed by atoms with Gasteiger partial charge in [-0.05, 0) is 25.8 Å². The van der Waals surface area contributed by atoms with Crippen LogP contribution in [0.1, 0.15) is 49.8 Å². The van der Waals surface area contributed by atoms with E-state index in [0.717, 1.165) is 5.69 Å². The molecule has 1 N–H and O–H groups in total. The Morgan fingerprint density at radius 1 is 1.48 bits per heavy atom. The molecule has 23 heavy (non-hydrogen) atoms. The maximum atomic E-state index is 12.9. The first-order valence-electron chi connectivity index (χ1n) is 8.05. The highest BCUT2D eigenvalue weighted by Gasteiger charge is 2.40. The number of aromatic nitrogens is 2. The van der Waals surface area contributed by atoms with Crippen molar-refractivity contribution in [1.82, 2.24) is 20.0 Å². The zero-order valence-electron chi connectivity index (χ0n) is 14.5. The predicted octanol–water partition coefficient (Wildman–Crippen LogP) is 1.00. The Morgan fingerprint density at radius 2 is 2.17 bits per heavy atom. The fourth-order valence-electron chi connectivity index (χ4n) is 2.74. The van der Waals surface area contributed by atoms with Crippen LogP contribution in [-0.2, 0) is 16.1 Å². The standard InChI is InChI=1S/C16H26N4O3/c1-6-20-13(9-12(18-20)11(2)3)14(21)19-7-8-23-16(4,10-19)15(22)17-5/h9,11H,6-8,10H2,1-5H3,(H,17,22)/t16-/m1/s1. The minimum atomic E-state index is -1.01. The molecule has 1 aliphatic rings. The maximum Gasteiger partial charge on any atom is 0.272 e. The second kappa shape index (κ2) is 6.70. The molecule has 0 unspecified atom stereocenters. The molecule has 7 heteroatoms. The van der Waals surface area contributed by atoms with Crippen LogP contribution in [0.15, 0.2) is 6.07 Å². The van der Waals surface area contributed by atoms with Crippen molar-refractivity contribution in [3.8, 4) is 0 Å². The van der Waals surface area contributed by atoms with E-state index in [1.807, 2.05) is 26.8 Å². The molecule has 1 aromatic heterocycles. The fraction of sp³-hybridized carbons (Fsp3) is 0.688. The van der Waals surface area contributed by atoms with E-state index in [2.05, 4.69) is 10.4 Å². The summed E-state index contributed by atoms with van der Waals surface area (Å²) in [4.78, 5) is 26.6. The van der Waals surface area contributed by atoms with Crippen molar-refractivity contribution in [2.45, 2.75) is 45.8 Å². The largest absolute Gasteiger partial charge is 0.362 e. The normalized spacial score (nSPS) is 21.6. The Labute approximate surface area is 137 Å². The molecule has 1 atom stereocenters. The van der Waals surface area contributed by atoms with E-state index >= 15 is 0 Å². The lowest BCUT2D eigenvalue weighted by molar-refractivity contribution is -0.153. The third-order valence-corrected chi connectivity index (χ3v) is 4.18. The monoisotopic (exact) mass is 322 g/mol. The van der Waals surface area contributed by atoms with E-state index in [-0.39, 0.29) is 24.3 Å². The van der Waals surface area contributed by atoms with Crippen molar-refractivity contribution in [3.63, 3.8) is 0 Å². The number of likely N-dealkylation sites (N-methyl/N-ethyl adjacent to an activating group) is 1. The molecule has 0 saturated carbocycles. The molecule has 7 nitrogen and oxygen atoms in total. The number of nitrogens with zero attached hydrogens (tertiary/aromatic N) is 3. The summed E-state index contributed by atoms with van der Waals surface area (Å²) in [5.74, 6) is -0.0679. The molecule has 0 aromatic carbocycles. The third kappa shape index (κ3) is 3.39. The van der Waals surface area contributed by atoms with Gasteiger partial charge >= 0.3 is 0 Å². The first-order valence-corrected chi connectivity index (χ1v) is 8.05. The Morgan fingerprint density at radius 3 is 2.74 bits per heavy atom. The molecule has 1 aromatic rings. The molecule has 1 saturated heterocycles. The molecule has 0 spiro atoms. The second-order valence-electron chi connectivity index (χ2n) is 6.31. The van der Waals surface area contributed by atoms with Crippen molar-refractivity contribution in [1.29, 1.82) is 0 Å². The molecule has 0 aliphatic carbocycles. The van der Waals surface area contributed by atoms with E-state index in [1.165, 1.54) is 0 Å². The van der Waals surface area contributed by atoms with Crippen LogP contribution < -0.4 is 5.32 Å². The lowest BCUT2D eigenvalue weighted by atomic mass is 10.0. The number of ether oxygens (including phenoxy) is 1. The number of carbonyl (C=O) groups is 2. The molecular weight excluding hydrogens is 296 g/mol. The van der Waals surface area contributed by atoms with Crippen molar-refractivity contribution in [2.75, 3.05) is 26.7 Å². The van der Waals surface area contributed by atoms with E-state index in [0.29, 0.717) is 25.4 Å². The minimum absolute atomic E-state index is 0.107. The van der Waals surface area contributed by atoms with Crippen LogP contribution in [0.5, 0.6) is 0 Å². The fourth-order valence-corrected chi connectivity index (χ4v) is 2.74. The molecule has 0 bridgehead atoms. The zero-order chi connectivity index (χ0) is 17.2. The lowest BCUT2D eigenvalue weighted by Gasteiger charge is -2.38. The van der Waals surface area contributed by atoms with Gasteiger partial charge in [0.25, 0.3) is 11.8 Å². The van der Waals surface area contributed by atoms with Crippen LogP contribution in [0.2, 0.25) is 0 Å². The first kappa shape index (κ1) is 17.5. The Hall–Kier alpha value is -1.89. The van der Waals surface area contributed by atoms with Gasteiger partial charge < -0.3 is 15.0 Å². The van der Waals surface area contributed by atoms with Gasteiger partial charge in [-0.1, -0.05) is 13.8 Å². The summed E-state index contributed by atoms with van der Waals surface area (Å²) in [7, 11) is 1.57. The van der Waals surface area contributed by atoms with Gasteiger partial charge in [0.05, 0.1) is 18.8 Å². The average molecular weight is 322 g/mol. The van der Waals surface area contributed by atoms with Crippen molar-refractivity contribution in [3.05, 3.63) is 17.5 Å². The Bertz CT molecular complexity index is 596. The van der Waals surface area contributed by atoms with E-state index in [9.17, 15) is 9.59 Å². The smallest absolute Gasteiger partial charge is 0.272 e. The van der Waals surface area contributed by atoms with Crippen molar-refractivity contribution < 1.29 is 14.3 Å². The molecule has 128 valence electrons. The number of amides is 2. The van der Waals surface area contributed by atoms with Crippen molar-refractivity contribution >= 4 is 11.8 Å². The summed E-state index contributed by atoms with van der Waals surface area (Å²) in [5.41, 5.74) is 0.454. The number of hydrogen-bond acceptors (Lipinski definition) is 4. The number of aryl methyl sites for hydroxylation is 1. The molecule has 2 amide bonds. The van der Waals surface area contributed by atoms with Crippen LogP contribution in [-0.4, -0.2) is 58.8 Å². The van der Waals surface area contributed by atoms with Gasteiger partial charge in [-0.3, -0.25) is 14.3 Å². The van der Waals surface area contributed by atoms with Crippen molar-refractivity contribution in [2.24, 2.45) is 0 Å². The van der Waals surface area contributed by atoms with Crippen LogP contribution in [0.25, 0.3) is 0 Å². The molecule has 0 radical (unpaired) electrons. The van der Waals surface area contributed by atoms with E-state index in [1.54, 1.807) is 23.6 Å². The van der Waals surface area contributed by atoms with Crippen LogP contribution in [0, 0.1) is 0 Å². The summed E-state index contributed by atoms with van der Waals surface area (Å²) in [6.45, 7) is 9.44. The highest BCUT2D eigenvalue weighted by molar-refractivity contribution is 5.94. The summed E-state index contributed by atoms with van der Waals surface area (Å²) in [6, 6.07) is 1.85. The summed E-state index contributed by atoms with van der Waals surface area (Å²) < 4.78 is 7.33. The van der Waals surface area contributed by atoms with Gasteiger partial charge in [-0.15, -0.1) is 0 Å².